The number of ether oxygens (including phenoxy) is 1. The summed E-state index contributed by atoms with van der Waals surface area (Å²) >= 11 is 1.24. The maximum atomic E-state index is 12.5. The highest BCUT2D eigenvalue weighted by atomic mass is 32.2. The predicted molar refractivity (Wildman–Crippen MR) is 111 cm³/mol. The van der Waals surface area contributed by atoms with Crippen LogP contribution in [0.2, 0.25) is 0 Å². The van der Waals surface area contributed by atoms with Crippen LogP contribution < -0.4 is 9.64 Å². The van der Waals surface area contributed by atoms with Gasteiger partial charge in [0.05, 0.1) is 11.9 Å². The number of hydrogen-bond donors (Lipinski definition) is 0. The molecule has 30 heavy (non-hydrogen) atoms. The number of nitrogens with zero attached hydrogens (tertiary/aromatic N) is 6. The fraction of sp³-hybridized carbons (Fsp3) is 0.350. The SMILES string of the molecule is Cc1cccc(OCc2nnc(SCC(=O)N3CCN(c4cnccn4)CC3)o2)c1. The molecule has 10 heteroatoms. The van der Waals surface area contributed by atoms with E-state index in [4.69, 9.17) is 9.15 Å². The van der Waals surface area contributed by atoms with E-state index in [1.54, 1.807) is 18.6 Å². The third-order valence-corrected chi connectivity index (χ3v) is 5.43. The Bertz CT molecular complexity index is 975. The molecule has 156 valence electrons. The van der Waals surface area contributed by atoms with E-state index < -0.39 is 0 Å². The van der Waals surface area contributed by atoms with E-state index in [1.165, 1.54) is 11.8 Å². The lowest BCUT2D eigenvalue weighted by atomic mass is 10.2. The summed E-state index contributed by atoms with van der Waals surface area (Å²) in [6.07, 6.45) is 5.06. The first kappa shape index (κ1) is 20.1. The van der Waals surface area contributed by atoms with Crippen molar-refractivity contribution < 1.29 is 13.9 Å². The van der Waals surface area contributed by atoms with Gasteiger partial charge in [0.2, 0.25) is 5.91 Å². The van der Waals surface area contributed by atoms with Gasteiger partial charge in [-0.3, -0.25) is 9.78 Å². The number of amides is 1. The maximum Gasteiger partial charge on any atom is 0.277 e. The second-order valence-corrected chi connectivity index (χ2v) is 7.71. The lowest BCUT2D eigenvalue weighted by Crippen LogP contribution is -2.49. The molecule has 0 bridgehead atoms. The summed E-state index contributed by atoms with van der Waals surface area (Å²) in [7, 11) is 0. The molecule has 1 fully saturated rings. The first-order chi connectivity index (χ1) is 14.7. The summed E-state index contributed by atoms with van der Waals surface area (Å²) < 4.78 is 11.2. The van der Waals surface area contributed by atoms with Crippen LogP contribution in [0.3, 0.4) is 0 Å². The van der Waals surface area contributed by atoms with E-state index >= 15 is 0 Å². The fourth-order valence-electron chi connectivity index (χ4n) is 3.06. The molecule has 0 spiro atoms. The number of hydrogen-bond acceptors (Lipinski definition) is 9. The van der Waals surface area contributed by atoms with Crippen LogP contribution in [0.1, 0.15) is 11.5 Å². The third kappa shape index (κ3) is 5.26. The smallest absolute Gasteiger partial charge is 0.277 e. The minimum Gasteiger partial charge on any atom is -0.484 e. The molecule has 0 saturated carbocycles. The average molecular weight is 427 g/mol. The van der Waals surface area contributed by atoms with Crippen LogP contribution in [0, 0.1) is 6.92 Å². The van der Waals surface area contributed by atoms with E-state index in [0.717, 1.165) is 30.2 Å². The molecule has 1 aromatic carbocycles. The topological polar surface area (TPSA) is 97.5 Å². The minimum absolute atomic E-state index is 0.0505. The van der Waals surface area contributed by atoms with E-state index in [-0.39, 0.29) is 18.3 Å². The largest absolute Gasteiger partial charge is 0.484 e. The van der Waals surface area contributed by atoms with Gasteiger partial charge in [0, 0.05) is 38.6 Å². The van der Waals surface area contributed by atoms with Gasteiger partial charge < -0.3 is 19.0 Å². The molecule has 0 N–H and O–H groups in total. The number of anilines is 1. The van der Waals surface area contributed by atoms with Crippen LogP contribution in [-0.4, -0.2) is 62.9 Å². The lowest BCUT2D eigenvalue weighted by Gasteiger charge is -2.35. The Morgan fingerprint density at radius 3 is 2.83 bits per heavy atom. The summed E-state index contributed by atoms with van der Waals surface area (Å²) in [6, 6.07) is 7.75. The molecule has 1 amide bonds. The molecule has 0 unspecified atom stereocenters. The lowest BCUT2D eigenvalue weighted by molar-refractivity contribution is -0.128. The van der Waals surface area contributed by atoms with E-state index in [2.05, 4.69) is 25.1 Å². The molecule has 9 nitrogen and oxygen atoms in total. The second kappa shape index (κ2) is 9.57. The van der Waals surface area contributed by atoms with Gasteiger partial charge in [-0.05, 0) is 24.6 Å². The molecule has 1 saturated heterocycles. The van der Waals surface area contributed by atoms with Crippen molar-refractivity contribution in [3.05, 3.63) is 54.3 Å². The maximum absolute atomic E-state index is 12.5. The first-order valence-electron chi connectivity index (χ1n) is 9.61. The van der Waals surface area contributed by atoms with E-state index in [9.17, 15) is 4.79 Å². The zero-order valence-corrected chi connectivity index (χ0v) is 17.4. The molecule has 0 atom stereocenters. The highest BCUT2D eigenvalue weighted by molar-refractivity contribution is 7.99. The molecule has 4 rings (SSSR count). The monoisotopic (exact) mass is 426 g/mol. The van der Waals surface area contributed by atoms with Crippen LogP contribution in [-0.2, 0) is 11.4 Å². The molecular formula is C20H22N6O3S. The Labute approximate surface area is 178 Å². The number of carbonyl (C=O) groups excluding carboxylic acids is 1. The third-order valence-electron chi connectivity index (χ3n) is 4.63. The van der Waals surface area contributed by atoms with Crippen LogP contribution in [0.15, 0.2) is 52.5 Å². The number of benzene rings is 1. The number of aromatic nitrogens is 4. The Kier molecular flexibility index (Phi) is 6.43. The zero-order valence-electron chi connectivity index (χ0n) is 16.6. The van der Waals surface area contributed by atoms with Gasteiger partial charge >= 0.3 is 0 Å². The van der Waals surface area contributed by atoms with Gasteiger partial charge in [0.1, 0.15) is 11.6 Å². The molecule has 3 aromatic rings. The summed E-state index contributed by atoms with van der Waals surface area (Å²) in [5, 5.41) is 8.33. The molecule has 3 heterocycles. The van der Waals surface area contributed by atoms with Gasteiger partial charge in [-0.25, -0.2) is 4.98 Å². The molecule has 0 radical (unpaired) electrons. The van der Waals surface area contributed by atoms with Crippen molar-refractivity contribution in [1.82, 2.24) is 25.1 Å². The molecule has 1 aliphatic rings. The quantitative estimate of drug-likeness (QED) is 0.527. The van der Waals surface area contributed by atoms with Crippen molar-refractivity contribution in [2.75, 3.05) is 36.8 Å². The highest BCUT2D eigenvalue weighted by Gasteiger charge is 2.22. The summed E-state index contributed by atoms with van der Waals surface area (Å²) in [4.78, 5) is 24.9. The first-order valence-corrected chi connectivity index (χ1v) is 10.6. The van der Waals surface area contributed by atoms with Crippen molar-refractivity contribution in [1.29, 1.82) is 0 Å². The fourth-order valence-corrected chi connectivity index (χ4v) is 3.74. The zero-order chi connectivity index (χ0) is 20.8. The van der Waals surface area contributed by atoms with E-state index in [1.807, 2.05) is 36.1 Å². The number of carbonyl (C=O) groups is 1. The summed E-state index contributed by atoms with van der Waals surface area (Å²) in [5.74, 6) is 2.27. The number of piperazine rings is 1. The molecule has 1 aliphatic heterocycles. The van der Waals surface area contributed by atoms with Gasteiger partial charge in [-0.2, -0.15) is 0 Å². The van der Waals surface area contributed by atoms with Crippen LogP contribution in [0.5, 0.6) is 5.75 Å². The van der Waals surface area contributed by atoms with E-state index in [0.29, 0.717) is 24.2 Å². The number of aryl methyl sites for hydroxylation is 1. The Morgan fingerprint density at radius 1 is 1.20 bits per heavy atom. The minimum atomic E-state index is 0.0505. The standard InChI is InChI=1S/C20H22N6O3S/c1-15-3-2-4-16(11-15)28-13-18-23-24-20(29-18)30-14-19(27)26-9-7-25(8-10-26)17-12-21-5-6-22-17/h2-6,11-12H,7-10,13-14H2,1H3. The van der Waals surface area contributed by atoms with Gasteiger partial charge in [0.15, 0.2) is 6.61 Å². The molecular weight excluding hydrogens is 404 g/mol. The van der Waals surface area contributed by atoms with Crippen LogP contribution in [0.4, 0.5) is 5.82 Å². The molecule has 0 aliphatic carbocycles. The normalized spacial score (nSPS) is 14.0. The average Bonchev–Trinajstić information content (AvgIpc) is 3.25. The predicted octanol–water partition coefficient (Wildman–Crippen LogP) is 2.19. The van der Waals surface area contributed by atoms with Crippen molar-refractivity contribution in [2.24, 2.45) is 0 Å². The van der Waals surface area contributed by atoms with Gasteiger partial charge in [-0.15, -0.1) is 10.2 Å². The van der Waals surface area contributed by atoms with Crippen molar-refractivity contribution in [3.8, 4) is 5.75 Å². The molecule has 2 aromatic heterocycles. The Balaban J connectivity index is 1.21. The highest BCUT2D eigenvalue weighted by Crippen LogP contribution is 2.19. The number of rotatable bonds is 7. The van der Waals surface area contributed by atoms with Crippen LogP contribution >= 0.6 is 11.8 Å². The number of thioether (sulfide) groups is 1. The summed E-state index contributed by atoms with van der Waals surface area (Å²) in [6.45, 7) is 4.95. The van der Waals surface area contributed by atoms with Gasteiger partial charge in [-0.1, -0.05) is 23.9 Å². The van der Waals surface area contributed by atoms with Gasteiger partial charge in [0.25, 0.3) is 11.1 Å². The Morgan fingerprint density at radius 2 is 2.07 bits per heavy atom. The Hall–Kier alpha value is -3.14. The van der Waals surface area contributed by atoms with Crippen LogP contribution in [0.25, 0.3) is 0 Å². The summed E-state index contributed by atoms with van der Waals surface area (Å²) in [5.41, 5.74) is 1.12. The van der Waals surface area contributed by atoms with Crippen molar-refractivity contribution in [3.63, 3.8) is 0 Å². The van der Waals surface area contributed by atoms with Crippen molar-refractivity contribution in [2.45, 2.75) is 18.8 Å². The van der Waals surface area contributed by atoms with Crippen molar-refractivity contribution >= 4 is 23.5 Å². The second-order valence-electron chi connectivity index (χ2n) is 6.79.